The summed E-state index contributed by atoms with van der Waals surface area (Å²) in [5.41, 5.74) is 1.94. The van der Waals surface area contributed by atoms with E-state index in [9.17, 15) is 4.79 Å². The van der Waals surface area contributed by atoms with Crippen molar-refractivity contribution in [1.82, 2.24) is 4.98 Å². The number of carbonyl (C=O) groups is 1. The van der Waals surface area contributed by atoms with Crippen molar-refractivity contribution < 1.29 is 9.53 Å². The number of rotatable bonds is 2. The van der Waals surface area contributed by atoms with Gasteiger partial charge < -0.3 is 4.74 Å². The average molecular weight is 250 g/mol. The van der Waals surface area contributed by atoms with Gasteiger partial charge in [0.1, 0.15) is 0 Å². The van der Waals surface area contributed by atoms with Crippen molar-refractivity contribution in [2.45, 2.75) is 0 Å². The summed E-state index contributed by atoms with van der Waals surface area (Å²) in [6, 6.07) is 12.9. The van der Waals surface area contributed by atoms with Crippen LogP contribution in [0.1, 0.15) is 11.1 Å². The summed E-state index contributed by atoms with van der Waals surface area (Å²) < 4.78 is 5.16. The summed E-state index contributed by atoms with van der Waals surface area (Å²) in [5, 5.41) is 0. The first-order valence-electron chi connectivity index (χ1n) is 5.81. The van der Waals surface area contributed by atoms with Crippen LogP contribution in [0.5, 0.6) is 0 Å². The molecule has 1 aliphatic rings. The fourth-order valence-electron chi connectivity index (χ4n) is 1.73. The highest BCUT2D eigenvalue weighted by atomic mass is 16.6. The van der Waals surface area contributed by atoms with Gasteiger partial charge in [0.05, 0.1) is 0 Å². The number of ether oxygens (including phenoxy) is 1. The van der Waals surface area contributed by atoms with Crippen molar-refractivity contribution in [2.24, 2.45) is 4.99 Å². The van der Waals surface area contributed by atoms with Crippen LogP contribution in [0.2, 0.25) is 0 Å². The van der Waals surface area contributed by atoms with Gasteiger partial charge in [-0.15, -0.1) is 0 Å². The normalized spacial score (nSPS) is 16.3. The van der Waals surface area contributed by atoms with Gasteiger partial charge in [0, 0.05) is 18.0 Å². The van der Waals surface area contributed by atoms with Gasteiger partial charge in [-0.25, -0.2) is 9.79 Å². The highest BCUT2D eigenvalue weighted by Crippen LogP contribution is 2.18. The van der Waals surface area contributed by atoms with Crippen LogP contribution in [-0.2, 0) is 9.53 Å². The van der Waals surface area contributed by atoms with E-state index in [4.69, 9.17) is 4.74 Å². The molecule has 3 rings (SSSR count). The van der Waals surface area contributed by atoms with Crippen molar-refractivity contribution in [1.29, 1.82) is 0 Å². The van der Waals surface area contributed by atoms with Gasteiger partial charge in [-0.2, -0.15) is 0 Å². The van der Waals surface area contributed by atoms with Gasteiger partial charge >= 0.3 is 5.97 Å². The van der Waals surface area contributed by atoms with E-state index in [2.05, 4.69) is 9.98 Å². The maximum absolute atomic E-state index is 11.7. The molecule has 0 spiro atoms. The standard InChI is InChI=1S/C15H10N2O2/c18-15-13(10-11-6-8-16-9-7-11)17-14(19-15)12-4-2-1-3-5-12/h1-10H/b13-10+. The molecule has 2 heterocycles. The SMILES string of the molecule is O=C1OC(c2ccccc2)=N/C1=C/c1ccncc1. The van der Waals surface area contributed by atoms with Crippen LogP contribution >= 0.6 is 0 Å². The number of aromatic nitrogens is 1. The van der Waals surface area contributed by atoms with Crippen LogP contribution in [0.4, 0.5) is 0 Å². The van der Waals surface area contributed by atoms with E-state index in [-0.39, 0.29) is 0 Å². The molecule has 0 fully saturated rings. The van der Waals surface area contributed by atoms with E-state index in [1.807, 2.05) is 30.3 Å². The van der Waals surface area contributed by atoms with Gasteiger partial charge in [-0.3, -0.25) is 4.98 Å². The quantitative estimate of drug-likeness (QED) is 0.607. The van der Waals surface area contributed by atoms with Crippen molar-refractivity contribution in [3.05, 3.63) is 71.7 Å². The average Bonchev–Trinajstić information content (AvgIpc) is 2.82. The second-order valence-electron chi connectivity index (χ2n) is 3.98. The predicted octanol–water partition coefficient (Wildman–Crippen LogP) is 2.43. The van der Waals surface area contributed by atoms with Gasteiger partial charge in [-0.1, -0.05) is 18.2 Å². The molecule has 1 aromatic heterocycles. The van der Waals surface area contributed by atoms with E-state index in [0.29, 0.717) is 11.6 Å². The first-order chi connectivity index (χ1) is 9.33. The molecule has 0 radical (unpaired) electrons. The second kappa shape index (κ2) is 4.86. The van der Waals surface area contributed by atoms with Crippen LogP contribution in [-0.4, -0.2) is 16.9 Å². The lowest BCUT2D eigenvalue weighted by molar-refractivity contribution is -0.129. The number of benzene rings is 1. The molecule has 0 bridgehead atoms. The van der Waals surface area contributed by atoms with E-state index >= 15 is 0 Å². The minimum atomic E-state index is -0.435. The van der Waals surface area contributed by atoms with E-state index in [0.717, 1.165) is 11.1 Å². The molecule has 2 aromatic rings. The molecule has 0 atom stereocenters. The molecule has 0 N–H and O–H groups in total. The van der Waals surface area contributed by atoms with Crippen LogP contribution in [0.15, 0.2) is 65.5 Å². The molecule has 0 unspecified atom stereocenters. The Morgan fingerprint density at radius 3 is 2.47 bits per heavy atom. The first kappa shape index (κ1) is 11.3. The van der Waals surface area contributed by atoms with Crippen LogP contribution in [0.25, 0.3) is 6.08 Å². The number of cyclic esters (lactones) is 1. The minimum Gasteiger partial charge on any atom is -0.402 e. The van der Waals surface area contributed by atoms with E-state index < -0.39 is 5.97 Å². The summed E-state index contributed by atoms with van der Waals surface area (Å²) in [5.74, 6) is -0.0958. The molecule has 4 nitrogen and oxygen atoms in total. The van der Waals surface area contributed by atoms with E-state index in [1.165, 1.54) is 0 Å². The first-order valence-corrected chi connectivity index (χ1v) is 5.81. The number of carbonyl (C=O) groups excluding carboxylic acids is 1. The summed E-state index contributed by atoms with van der Waals surface area (Å²) >= 11 is 0. The smallest absolute Gasteiger partial charge is 0.363 e. The topological polar surface area (TPSA) is 51.5 Å². The number of pyridine rings is 1. The second-order valence-corrected chi connectivity index (χ2v) is 3.98. The number of hydrogen-bond donors (Lipinski definition) is 0. The Balaban J connectivity index is 1.94. The summed E-state index contributed by atoms with van der Waals surface area (Å²) in [4.78, 5) is 19.9. The lowest BCUT2D eigenvalue weighted by atomic mass is 10.2. The molecule has 92 valence electrons. The minimum absolute atomic E-state index is 0.296. The van der Waals surface area contributed by atoms with Gasteiger partial charge in [0.15, 0.2) is 5.70 Å². The van der Waals surface area contributed by atoms with Crippen molar-refractivity contribution in [2.75, 3.05) is 0 Å². The maximum Gasteiger partial charge on any atom is 0.363 e. The highest BCUT2D eigenvalue weighted by molar-refractivity contribution is 6.12. The molecule has 0 saturated heterocycles. The monoisotopic (exact) mass is 250 g/mol. The Kier molecular flexibility index (Phi) is 2.90. The van der Waals surface area contributed by atoms with Crippen molar-refractivity contribution in [3.8, 4) is 0 Å². The zero-order valence-electron chi connectivity index (χ0n) is 9.98. The predicted molar refractivity (Wildman–Crippen MR) is 71.3 cm³/mol. The molecular formula is C15H10N2O2. The maximum atomic E-state index is 11.7. The zero-order chi connectivity index (χ0) is 13.1. The fourth-order valence-corrected chi connectivity index (χ4v) is 1.73. The molecule has 0 aliphatic carbocycles. The van der Waals surface area contributed by atoms with Crippen LogP contribution in [0.3, 0.4) is 0 Å². The zero-order valence-corrected chi connectivity index (χ0v) is 9.98. The van der Waals surface area contributed by atoms with Gasteiger partial charge in [0.2, 0.25) is 5.90 Å². The molecule has 19 heavy (non-hydrogen) atoms. The Bertz CT molecular complexity index is 661. The third kappa shape index (κ3) is 2.42. The lowest BCUT2D eigenvalue weighted by Gasteiger charge is -1.97. The van der Waals surface area contributed by atoms with Crippen molar-refractivity contribution in [3.63, 3.8) is 0 Å². The largest absolute Gasteiger partial charge is 0.402 e. The Morgan fingerprint density at radius 1 is 1.00 bits per heavy atom. The van der Waals surface area contributed by atoms with Crippen molar-refractivity contribution >= 4 is 17.9 Å². The molecule has 1 aliphatic heterocycles. The lowest BCUT2D eigenvalue weighted by Crippen LogP contribution is -2.04. The fraction of sp³-hybridized carbons (Fsp3) is 0. The van der Waals surface area contributed by atoms with Gasteiger partial charge in [0.25, 0.3) is 0 Å². The Hall–Kier alpha value is -2.75. The molecule has 4 heteroatoms. The Morgan fingerprint density at radius 2 is 1.74 bits per heavy atom. The number of nitrogens with zero attached hydrogens (tertiary/aromatic N) is 2. The highest BCUT2D eigenvalue weighted by Gasteiger charge is 2.23. The number of esters is 1. The third-order valence-corrected chi connectivity index (χ3v) is 2.65. The molecule has 0 amide bonds. The summed E-state index contributed by atoms with van der Waals surface area (Å²) in [6.07, 6.45) is 5.00. The Labute approximate surface area is 110 Å². The molecule has 1 aromatic carbocycles. The van der Waals surface area contributed by atoms with Crippen LogP contribution in [0, 0.1) is 0 Å². The van der Waals surface area contributed by atoms with E-state index in [1.54, 1.807) is 30.6 Å². The molecular weight excluding hydrogens is 240 g/mol. The third-order valence-electron chi connectivity index (χ3n) is 2.65. The summed E-state index contributed by atoms with van der Waals surface area (Å²) in [6.45, 7) is 0. The molecule has 0 saturated carbocycles. The number of hydrogen-bond acceptors (Lipinski definition) is 4. The van der Waals surface area contributed by atoms with Gasteiger partial charge in [-0.05, 0) is 35.9 Å². The summed E-state index contributed by atoms with van der Waals surface area (Å²) in [7, 11) is 0. The number of aliphatic imine (C=N–C) groups is 1. The van der Waals surface area contributed by atoms with Crippen LogP contribution < -0.4 is 0 Å².